The third-order valence-corrected chi connectivity index (χ3v) is 3.61. The van der Waals surface area contributed by atoms with E-state index in [0.29, 0.717) is 55.8 Å². The summed E-state index contributed by atoms with van der Waals surface area (Å²) in [4.78, 5) is 13.7. The van der Waals surface area contributed by atoms with E-state index in [4.69, 9.17) is 21.1 Å². The number of nitrogens with zero attached hydrogens (tertiary/aromatic N) is 1. The standard InChI is InChI=1S/C17H21ClN2O3/c1-3-7-20(8-4-2)17(21)19-6-5-13-11-14(18)16-15(12-13)22-9-10-23-16/h3-4,11-12H,1-2,5-10H2,(H,19,21). The topological polar surface area (TPSA) is 50.8 Å². The lowest BCUT2D eigenvalue weighted by atomic mass is 10.1. The van der Waals surface area contributed by atoms with E-state index < -0.39 is 0 Å². The van der Waals surface area contributed by atoms with Gasteiger partial charge in [-0.2, -0.15) is 0 Å². The molecule has 2 amide bonds. The van der Waals surface area contributed by atoms with Crippen molar-refractivity contribution < 1.29 is 14.3 Å². The number of benzene rings is 1. The highest BCUT2D eigenvalue weighted by Gasteiger charge is 2.17. The minimum atomic E-state index is -0.145. The maximum Gasteiger partial charge on any atom is 0.317 e. The Kier molecular flexibility index (Phi) is 6.35. The molecule has 0 radical (unpaired) electrons. The Labute approximate surface area is 141 Å². The van der Waals surface area contributed by atoms with Gasteiger partial charge in [0.1, 0.15) is 13.2 Å². The molecule has 0 aliphatic carbocycles. The van der Waals surface area contributed by atoms with Gasteiger partial charge in [-0.15, -0.1) is 13.2 Å². The molecule has 23 heavy (non-hydrogen) atoms. The number of carbonyl (C=O) groups is 1. The van der Waals surface area contributed by atoms with E-state index in [1.165, 1.54) is 0 Å². The summed E-state index contributed by atoms with van der Waals surface area (Å²) in [5, 5.41) is 3.41. The number of carbonyl (C=O) groups excluding carboxylic acids is 1. The molecular weight excluding hydrogens is 316 g/mol. The number of urea groups is 1. The number of rotatable bonds is 7. The Balaban J connectivity index is 1.91. The summed E-state index contributed by atoms with van der Waals surface area (Å²) in [7, 11) is 0. The molecule has 1 aromatic carbocycles. The SMILES string of the molecule is C=CCN(CC=C)C(=O)NCCc1cc(Cl)c2c(c1)OCCO2. The number of hydrogen-bond donors (Lipinski definition) is 1. The van der Waals surface area contributed by atoms with Crippen molar-refractivity contribution in [1.82, 2.24) is 10.2 Å². The molecule has 0 saturated heterocycles. The van der Waals surface area contributed by atoms with Gasteiger partial charge in [0.05, 0.1) is 5.02 Å². The van der Waals surface area contributed by atoms with Crippen LogP contribution in [0.5, 0.6) is 11.5 Å². The number of fused-ring (bicyclic) bond motifs is 1. The first-order valence-corrected chi connectivity index (χ1v) is 7.86. The smallest absolute Gasteiger partial charge is 0.317 e. The molecule has 6 heteroatoms. The number of hydrogen-bond acceptors (Lipinski definition) is 3. The van der Waals surface area contributed by atoms with Crippen molar-refractivity contribution >= 4 is 17.6 Å². The Morgan fingerprint density at radius 1 is 1.26 bits per heavy atom. The normalized spacial score (nSPS) is 12.4. The van der Waals surface area contributed by atoms with E-state index in [1.54, 1.807) is 17.1 Å². The quantitative estimate of drug-likeness (QED) is 0.779. The zero-order valence-corrected chi connectivity index (χ0v) is 13.8. The van der Waals surface area contributed by atoms with Gasteiger partial charge in [-0.25, -0.2) is 4.79 Å². The molecule has 1 heterocycles. The van der Waals surface area contributed by atoms with Crippen LogP contribution in [0.4, 0.5) is 4.79 Å². The molecule has 0 spiro atoms. The maximum absolute atomic E-state index is 12.1. The lowest BCUT2D eigenvalue weighted by Crippen LogP contribution is -2.40. The first-order valence-electron chi connectivity index (χ1n) is 7.48. The van der Waals surface area contributed by atoms with E-state index >= 15 is 0 Å². The largest absolute Gasteiger partial charge is 0.486 e. The van der Waals surface area contributed by atoms with Crippen molar-refractivity contribution in [3.8, 4) is 11.5 Å². The van der Waals surface area contributed by atoms with E-state index in [9.17, 15) is 4.79 Å². The van der Waals surface area contributed by atoms with Crippen LogP contribution in [0, 0.1) is 0 Å². The lowest BCUT2D eigenvalue weighted by Gasteiger charge is -2.21. The van der Waals surface area contributed by atoms with Gasteiger partial charge in [-0.1, -0.05) is 23.8 Å². The lowest BCUT2D eigenvalue weighted by molar-refractivity contribution is 0.171. The fourth-order valence-corrected chi connectivity index (χ4v) is 2.57. The van der Waals surface area contributed by atoms with Crippen molar-refractivity contribution in [2.45, 2.75) is 6.42 Å². The second-order valence-electron chi connectivity index (χ2n) is 5.07. The van der Waals surface area contributed by atoms with Crippen LogP contribution < -0.4 is 14.8 Å². The van der Waals surface area contributed by atoms with Crippen molar-refractivity contribution in [2.24, 2.45) is 0 Å². The van der Waals surface area contributed by atoms with Gasteiger partial charge in [-0.05, 0) is 24.1 Å². The van der Waals surface area contributed by atoms with Gasteiger partial charge < -0.3 is 19.7 Å². The number of amides is 2. The second kappa shape index (κ2) is 8.48. The summed E-state index contributed by atoms with van der Waals surface area (Å²) in [6, 6.07) is 3.60. The van der Waals surface area contributed by atoms with E-state index in [-0.39, 0.29) is 6.03 Å². The summed E-state index contributed by atoms with van der Waals surface area (Å²) in [5.74, 6) is 1.25. The highest BCUT2D eigenvalue weighted by molar-refractivity contribution is 6.32. The molecule has 2 rings (SSSR count). The summed E-state index contributed by atoms with van der Waals surface area (Å²) in [6.07, 6.45) is 4.02. The zero-order chi connectivity index (χ0) is 16.7. The van der Waals surface area contributed by atoms with E-state index in [0.717, 1.165) is 5.56 Å². The minimum Gasteiger partial charge on any atom is -0.486 e. The molecule has 0 atom stereocenters. The van der Waals surface area contributed by atoms with Crippen LogP contribution >= 0.6 is 11.6 Å². The maximum atomic E-state index is 12.1. The van der Waals surface area contributed by atoms with E-state index in [1.807, 2.05) is 12.1 Å². The third-order valence-electron chi connectivity index (χ3n) is 3.33. The predicted octanol–water partition coefficient (Wildman–Crippen LogP) is 3.04. The fraction of sp³-hybridized carbons (Fsp3) is 0.353. The highest BCUT2D eigenvalue weighted by atomic mass is 35.5. The van der Waals surface area contributed by atoms with Gasteiger partial charge in [0, 0.05) is 19.6 Å². The summed E-state index contributed by atoms with van der Waals surface area (Å²) in [5.41, 5.74) is 0.985. The van der Waals surface area contributed by atoms with Gasteiger partial charge in [0.25, 0.3) is 0 Å². The molecule has 1 aliphatic heterocycles. The Bertz CT molecular complexity index is 579. The first kappa shape index (κ1) is 17.2. The number of ether oxygens (including phenoxy) is 2. The molecule has 1 aromatic rings. The van der Waals surface area contributed by atoms with Crippen LogP contribution in [0.15, 0.2) is 37.4 Å². The molecule has 5 nitrogen and oxygen atoms in total. The molecule has 0 saturated carbocycles. The third kappa shape index (κ3) is 4.66. The minimum absolute atomic E-state index is 0.145. The van der Waals surface area contributed by atoms with Crippen molar-refractivity contribution in [3.05, 3.63) is 48.0 Å². The summed E-state index contributed by atoms with van der Waals surface area (Å²) in [6.45, 7) is 9.77. The number of halogens is 1. The molecule has 1 aliphatic rings. The van der Waals surface area contributed by atoms with E-state index in [2.05, 4.69) is 18.5 Å². The summed E-state index contributed by atoms with van der Waals surface area (Å²) >= 11 is 6.20. The molecule has 1 N–H and O–H groups in total. The molecule has 124 valence electrons. The Hall–Kier alpha value is -2.14. The summed E-state index contributed by atoms with van der Waals surface area (Å²) < 4.78 is 11.0. The van der Waals surface area contributed by atoms with Crippen molar-refractivity contribution in [1.29, 1.82) is 0 Å². The molecule has 0 aromatic heterocycles. The van der Waals surface area contributed by atoms with Crippen LogP contribution in [0.1, 0.15) is 5.56 Å². The Morgan fingerprint density at radius 3 is 2.65 bits per heavy atom. The van der Waals surface area contributed by atoms with Gasteiger partial charge in [0.2, 0.25) is 0 Å². The molecule has 0 fully saturated rings. The van der Waals surface area contributed by atoms with Crippen molar-refractivity contribution in [2.75, 3.05) is 32.8 Å². The molecular formula is C17H21ClN2O3. The highest BCUT2D eigenvalue weighted by Crippen LogP contribution is 2.38. The van der Waals surface area contributed by atoms with Crippen LogP contribution in [-0.2, 0) is 6.42 Å². The second-order valence-corrected chi connectivity index (χ2v) is 5.47. The average Bonchev–Trinajstić information content (AvgIpc) is 2.54. The van der Waals surface area contributed by atoms with Gasteiger partial charge in [0.15, 0.2) is 11.5 Å². The van der Waals surface area contributed by atoms with Gasteiger partial charge >= 0.3 is 6.03 Å². The predicted molar refractivity (Wildman–Crippen MR) is 91.5 cm³/mol. The Morgan fingerprint density at radius 2 is 1.96 bits per heavy atom. The van der Waals surface area contributed by atoms with Crippen molar-refractivity contribution in [3.63, 3.8) is 0 Å². The average molecular weight is 337 g/mol. The van der Waals surface area contributed by atoms with Crippen LogP contribution in [0.25, 0.3) is 0 Å². The van der Waals surface area contributed by atoms with Crippen LogP contribution in [0.2, 0.25) is 5.02 Å². The fourth-order valence-electron chi connectivity index (χ4n) is 2.29. The zero-order valence-electron chi connectivity index (χ0n) is 13.0. The van der Waals surface area contributed by atoms with Crippen LogP contribution in [0.3, 0.4) is 0 Å². The molecule has 0 unspecified atom stereocenters. The molecule has 0 bridgehead atoms. The first-order chi connectivity index (χ1) is 11.2. The van der Waals surface area contributed by atoms with Gasteiger partial charge in [-0.3, -0.25) is 0 Å². The van der Waals surface area contributed by atoms with Crippen LogP contribution in [-0.4, -0.2) is 43.8 Å². The monoisotopic (exact) mass is 336 g/mol. The number of nitrogens with one attached hydrogen (secondary N) is 1.